The largest absolute Gasteiger partial charge is 0.419 e. The SMILES string of the molecule is CN(CC1(N)CC1)c1ccc2c(c1)oc(=O)n2C. The number of benzene rings is 1. The molecule has 0 unspecified atom stereocenters. The molecular weight excluding hydrogens is 230 g/mol. The second kappa shape index (κ2) is 3.62. The van der Waals surface area contributed by atoms with Gasteiger partial charge in [0.15, 0.2) is 5.58 Å². The highest BCUT2D eigenvalue weighted by Gasteiger charge is 2.39. The summed E-state index contributed by atoms with van der Waals surface area (Å²) in [6.07, 6.45) is 2.17. The lowest BCUT2D eigenvalue weighted by atomic mass is 10.2. The summed E-state index contributed by atoms with van der Waals surface area (Å²) in [6.45, 7) is 0.829. The van der Waals surface area contributed by atoms with E-state index in [4.69, 9.17) is 10.2 Å². The van der Waals surface area contributed by atoms with Crippen LogP contribution in [-0.4, -0.2) is 23.7 Å². The molecule has 1 heterocycles. The van der Waals surface area contributed by atoms with Crippen molar-refractivity contribution >= 4 is 16.8 Å². The Morgan fingerprint density at radius 2 is 2.22 bits per heavy atom. The van der Waals surface area contributed by atoms with E-state index in [-0.39, 0.29) is 11.3 Å². The van der Waals surface area contributed by atoms with Crippen LogP contribution in [0.5, 0.6) is 0 Å². The zero-order valence-corrected chi connectivity index (χ0v) is 10.6. The number of rotatable bonds is 3. The first-order chi connectivity index (χ1) is 8.48. The lowest BCUT2D eigenvalue weighted by Crippen LogP contribution is -2.37. The van der Waals surface area contributed by atoms with Crippen molar-refractivity contribution in [3.63, 3.8) is 0 Å². The van der Waals surface area contributed by atoms with Gasteiger partial charge >= 0.3 is 5.76 Å². The van der Waals surface area contributed by atoms with E-state index in [9.17, 15) is 4.79 Å². The summed E-state index contributed by atoms with van der Waals surface area (Å²) >= 11 is 0. The predicted octanol–water partition coefficient (Wildman–Crippen LogP) is 1.06. The smallest absolute Gasteiger partial charge is 0.408 e. The van der Waals surface area contributed by atoms with Gasteiger partial charge < -0.3 is 15.1 Å². The molecule has 96 valence electrons. The van der Waals surface area contributed by atoms with Crippen molar-refractivity contribution in [1.82, 2.24) is 4.57 Å². The summed E-state index contributed by atoms with van der Waals surface area (Å²) in [4.78, 5) is 13.5. The van der Waals surface area contributed by atoms with Crippen molar-refractivity contribution in [2.45, 2.75) is 18.4 Å². The number of hydrogen-bond acceptors (Lipinski definition) is 4. The van der Waals surface area contributed by atoms with Crippen molar-refractivity contribution in [3.05, 3.63) is 28.7 Å². The average Bonchev–Trinajstić information content (AvgIpc) is 2.98. The summed E-state index contributed by atoms with van der Waals surface area (Å²) in [7, 11) is 3.71. The number of nitrogens with two attached hydrogens (primary N) is 1. The molecule has 5 nitrogen and oxygen atoms in total. The van der Waals surface area contributed by atoms with E-state index >= 15 is 0 Å². The van der Waals surface area contributed by atoms with E-state index in [0.29, 0.717) is 5.58 Å². The molecule has 1 aromatic carbocycles. The Morgan fingerprint density at radius 1 is 1.50 bits per heavy atom. The lowest BCUT2D eigenvalue weighted by Gasteiger charge is -2.22. The van der Waals surface area contributed by atoms with Crippen LogP contribution >= 0.6 is 0 Å². The van der Waals surface area contributed by atoms with E-state index in [2.05, 4.69) is 4.90 Å². The van der Waals surface area contributed by atoms with Crippen molar-refractivity contribution in [2.24, 2.45) is 12.8 Å². The zero-order chi connectivity index (χ0) is 12.9. The number of oxazole rings is 1. The second-order valence-electron chi connectivity index (χ2n) is 5.30. The molecule has 0 bridgehead atoms. The Kier molecular flexibility index (Phi) is 2.28. The van der Waals surface area contributed by atoms with Crippen LogP contribution in [0, 0.1) is 0 Å². The Bertz CT molecular complexity index is 652. The van der Waals surface area contributed by atoms with Gasteiger partial charge in [-0.3, -0.25) is 4.57 Å². The van der Waals surface area contributed by atoms with E-state index < -0.39 is 0 Å². The van der Waals surface area contributed by atoms with Gasteiger partial charge in [0.1, 0.15) is 0 Å². The van der Waals surface area contributed by atoms with Crippen LogP contribution in [0.1, 0.15) is 12.8 Å². The molecule has 0 atom stereocenters. The van der Waals surface area contributed by atoms with Crippen molar-refractivity contribution in [1.29, 1.82) is 0 Å². The van der Waals surface area contributed by atoms with Gasteiger partial charge in [-0.15, -0.1) is 0 Å². The van der Waals surface area contributed by atoms with Crippen LogP contribution in [0.4, 0.5) is 5.69 Å². The third kappa shape index (κ3) is 1.80. The van der Waals surface area contributed by atoms with Crippen LogP contribution in [-0.2, 0) is 7.05 Å². The Labute approximate surface area is 105 Å². The maximum atomic E-state index is 11.4. The highest BCUT2D eigenvalue weighted by Crippen LogP contribution is 2.34. The molecule has 0 amide bonds. The Morgan fingerprint density at radius 3 is 2.89 bits per heavy atom. The first-order valence-electron chi connectivity index (χ1n) is 6.08. The van der Waals surface area contributed by atoms with Crippen LogP contribution < -0.4 is 16.4 Å². The highest BCUT2D eigenvalue weighted by atomic mass is 16.4. The van der Waals surface area contributed by atoms with Crippen LogP contribution in [0.15, 0.2) is 27.4 Å². The van der Waals surface area contributed by atoms with E-state index in [1.807, 2.05) is 25.2 Å². The van der Waals surface area contributed by atoms with Crippen LogP contribution in [0.25, 0.3) is 11.1 Å². The third-order valence-corrected chi connectivity index (χ3v) is 3.66. The molecule has 0 saturated heterocycles. The van der Waals surface area contributed by atoms with Gasteiger partial charge in [0.2, 0.25) is 0 Å². The molecule has 18 heavy (non-hydrogen) atoms. The second-order valence-corrected chi connectivity index (χ2v) is 5.30. The van der Waals surface area contributed by atoms with Crippen LogP contribution in [0.2, 0.25) is 0 Å². The maximum absolute atomic E-state index is 11.4. The number of anilines is 1. The van der Waals surface area contributed by atoms with Gasteiger partial charge in [0.25, 0.3) is 0 Å². The molecule has 5 heteroatoms. The van der Waals surface area contributed by atoms with Gasteiger partial charge in [0, 0.05) is 37.9 Å². The van der Waals surface area contributed by atoms with Crippen molar-refractivity contribution < 1.29 is 4.42 Å². The zero-order valence-electron chi connectivity index (χ0n) is 10.6. The van der Waals surface area contributed by atoms with Crippen molar-refractivity contribution in [2.75, 3.05) is 18.5 Å². The molecular formula is C13H17N3O2. The fourth-order valence-electron chi connectivity index (χ4n) is 2.24. The van der Waals surface area contributed by atoms with E-state index in [0.717, 1.165) is 30.6 Å². The minimum atomic E-state index is -0.331. The van der Waals surface area contributed by atoms with Crippen molar-refractivity contribution in [3.8, 4) is 0 Å². The first-order valence-corrected chi connectivity index (χ1v) is 6.08. The monoisotopic (exact) mass is 247 g/mol. The molecule has 1 aliphatic carbocycles. The van der Waals surface area contributed by atoms with E-state index in [1.165, 1.54) is 4.57 Å². The topological polar surface area (TPSA) is 64.4 Å². The lowest BCUT2D eigenvalue weighted by molar-refractivity contribution is 0.528. The molecule has 2 aromatic rings. The maximum Gasteiger partial charge on any atom is 0.419 e. The summed E-state index contributed by atoms with van der Waals surface area (Å²) in [5.41, 5.74) is 8.53. The first kappa shape index (κ1) is 11.3. The molecule has 1 aromatic heterocycles. The highest BCUT2D eigenvalue weighted by molar-refractivity contribution is 5.77. The third-order valence-electron chi connectivity index (χ3n) is 3.66. The summed E-state index contributed by atoms with van der Waals surface area (Å²) in [5.74, 6) is -0.331. The fourth-order valence-corrected chi connectivity index (χ4v) is 2.24. The van der Waals surface area contributed by atoms with Gasteiger partial charge in [0.05, 0.1) is 5.52 Å². The predicted molar refractivity (Wildman–Crippen MR) is 70.9 cm³/mol. The van der Waals surface area contributed by atoms with E-state index in [1.54, 1.807) is 7.05 Å². The van der Waals surface area contributed by atoms with Crippen LogP contribution in [0.3, 0.4) is 0 Å². The molecule has 1 aliphatic rings. The number of likely N-dealkylation sites (N-methyl/N-ethyl adjacent to an activating group) is 1. The number of nitrogens with zero attached hydrogens (tertiary/aromatic N) is 2. The minimum Gasteiger partial charge on any atom is -0.408 e. The average molecular weight is 247 g/mol. The fraction of sp³-hybridized carbons (Fsp3) is 0.462. The summed E-state index contributed by atoms with van der Waals surface area (Å²) in [6, 6.07) is 5.79. The molecule has 1 saturated carbocycles. The molecule has 1 fully saturated rings. The van der Waals surface area contributed by atoms with Gasteiger partial charge in [-0.1, -0.05) is 0 Å². The number of fused-ring (bicyclic) bond motifs is 1. The summed E-state index contributed by atoms with van der Waals surface area (Å²) < 4.78 is 6.69. The number of aryl methyl sites for hydroxylation is 1. The minimum absolute atomic E-state index is 0.0266. The Balaban J connectivity index is 1.95. The number of hydrogen-bond donors (Lipinski definition) is 1. The molecule has 0 radical (unpaired) electrons. The van der Waals surface area contributed by atoms with Gasteiger partial charge in [-0.05, 0) is 25.0 Å². The summed E-state index contributed by atoms with van der Waals surface area (Å²) in [5, 5.41) is 0. The van der Waals surface area contributed by atoms with Gasteiger partial charge in [-0.2, -0.15) is 0 Å². The number of aromatic nitrogens is 1. The molecule has 0 aliphatic heterocycles. The molecule has 3 rings (SSSR count). The quantitative estimate of drug-likeness (QED) is 0.880. The molecule has 0 spiro atoms. The Hall–Kier alpha value is -1.75. The van der Waals surface area contributed by atoms with Gasteiger partial charge in [-0.25, -0.2) is 4.79 Å². The molecule has 2 N–H and O–H groups in total. The standard InChI is InChI=1S/C13H17N3O2/c1-15(8-13(14)5-6-13)9-3-4-10-11(7-9)18-12(17)16(10)2/h3-4,7H,5-6,8,14H2,1-2H3. The normalized spacial score (nSPS) is 17.1.